The van der Waals surface area contributed by atoms with E-state index in [1.807, 2.05) is 30.3 Å². The summed E-state index contributed by atoms with van der Waals surface area (Å²) in [6.45, 7) is 0. The van der Waals surface area contributed by atoms with Gasteiger partial charge in [-0.15, -0.1) is 0 Å². The number of hydrogen-bond acceptors (Lipinski definition) is 3. The van der Waals surface area contributed by atoms with E-state index >= 15 is 0 Å². The van der Waals surface area contributed by atoms with E-state index in [1.165, 1.54) is 0 Å². The molecule has 0 radical (unpaired) electrons. The number of phenols is 2. The van der Waals surface area contributed by atoms with Crippen LogP contribution in [0.15, 0.2) is 54.6 Å². The van der Waals surface area contributed by atoms with Crippen molar-refractivity contribution in [3.8, 4) is 28.4 Å². The van der Waals surface area contributed by atoms with Gasteiger partial charge < -0.3 is 14.9 Å². The second kappa shape index (κ2) is 4.78. The van der Waals surface area contributed by atoms with Crippen LogP contribution in [-0.4, -0.2) is 17.3 Å². The second-order valence-electron chi connectivity index (χ2n) is 4.56. The van der Waals surface area contributed by atoms with Crippen LogP contribution >= 0.6 is 0 Å². The van der Waals surface area contributed by atoms with Gasteiger partial charge in [0.15, 0.2) is 0 Å². The Balaban J connectivity index is 2.37. The molecule has 0 bridgehead atoms. The maximum absolute atomic E-state index is 10.2. The average Bonchev–Trinajstić information content (AvgIpc) is 2.48. The van der Waals surface area contributed by atoms with Crippen LogP contribution in [0.5, 0.6) is 17.2 Å². The SMILES string of the molecule is COc1ccc(O)c(-c2c(O)ccc3ccccc23)c1. The predicted octanol–water partition coefficient (Wildman–Crippen LogP) is 3.93. The van der Waals surface area contributed by atoms with Crippen LogP contribution in [0.3, 0.4) is 0 Å². The number of rotatable bonds is 2. The molecule has 0 amide bonds. The van der Waals surface area contributed by atoms with Gasteiger partial charge in [0.05, 0.1) is 7.11 Å². The molecule has 0 atom stereocenters. The summed E-state index contributed by atoms with van der Waals surface area (Å²) in [4.78, 5) is 0. The van der Waals surface area contributed by atoms with E-state index in [-0.39, 0.29) is 11.5 Å². The zero-order valence-electron chi connectivity index (χ0n) is 11.0. The lowest BCUT2D eigenvalue weighted by molar-refractivity contribution is 0.412. The zero-order valence-corrected chi connectivity index (χ0v) is 11.0. The summed E-state index contributed by atoms with van der Waals surface area (Å²) < 4.78 is 5.19. The van der Waals surface area contributed by atoms with Crippen molar-refractivity contribution in [1.29, 1.82) is 0 Å². The molecule has 3 aromatic rings. The Morgan fingerprint density at radius 2 is 1.60 bits per heavy atom. The minimum absolute atomic E-state index is 0.109. The summed E-state index contributed by atoms with van der Waals surface area (Å²) >= 11 is 0. The Bertz CT molecular complexity index is 778. The number of hydrogen-bond donors (Lipinski definition) is 2. The molecule has 2 N–H and O–H groups in total. The maximum Gasteiger partial charge on any atom is 0.124 e. The van der Waals surface area contributed by atoms with Crippen molar-refractivity contribution in [2.45, 2.75) is 0 Å². The summed E-state index contributed by atoms with van der Waals surface area (Å²) in [6.07, 6.45) is 0. The molecule has 0 saturated heterocycles. The number of fused-ring (bicyclic) bond motifs is 1. The number of ether oxygens (including phenoxy) is 1. The smallest absolute Gasteiger partial charge is 0.124 e. The fourth-order valence-corrected chi connectivity index (χ4v) is 2.39. The zero-order chi connectivity index (χ0) is 14.1. The van der Waals surface area contributed by atoms with Gasteiger partial charge in [-0.05, 0) is 35.0 Å². The highest BCUT2D eigenvalue weighted by molar-refractivity contribution is 6.01. The summed E-state index contributed by atoms with van der Waals surface area (Å²) in [5, 5.41) is 22.2. The number of methoxy groups -OCH3 is 1. The Hall–Kier alpha value is -2.68. The van der Waals surface area contributed by atoms with E-state index in [9.17, 15) is 10.2 Å². The maximum atomic E-state index is 10.2. The fraction of sp³-hybridized carbons (Fsp3) is 0.0588. The molecular formula is C17H14O3. The monoisotopic (exact) mass is 266 g/mol. The molecule has 0 fully saturated rings. The first-order valence-electron chi connectivity index (χ1n) is 6.29. The highest BCUT2D eigenvalue weighted by atomic mass is 16.5. The molecule has 0 aliphatic rings. The van der Waals surface area contributed by atoms with Gasteiger partial charge >= 0.3 is 0 Å². The van der Waals surface area contributed by atoms with Gasteiger partial charge in [-0.3, -0.25) is 0 Å². The van der Waals surface area contributed by atoms with Gasteiger partial charge in [-0.2, -0.15) is 0 Å². The quantitative estimate of drug-likeness (QED) is 0.739. The molecule has 0 saturated carbocycles. The normalized spacial score (nSPS) is 10.7. The molecule has 3 heteroatoms. The van der Waals surface area contributed by atoms with E-state index in [2.05, 4.69) is 0 Å². The number of phenolic OH excluding ortho intramolecular Hbond substituents is 2. The van der Waals surface area contributed by atoms with Crippen LogP contribution in [0.2, 0.25) is 0 Å². The fourth-order valence-electron chi connectivity index (χ4n) is 2.39. The van der Waals surface area contributed by atoms with Crippen molar-refractivity contribution in [3.63, 3.8) is 0 Å². The van der Waals surface area contributed by atoms with Crippen LogP contribution in [0.25, 0.3) is 21.9 Å². The van der Waals surface area contributed by atoms with Crippen molar-refractivity contribution < 1.29 is 14.9 Å². The van der Waals surface area contributed by atoms with Crippen LogP contribution in [0.4, 0.5) is 0 Å². The van der Waals surface area contributed by atoms with Crippen LogP contribution < -0.4 is 4.74 Å². The van der Waals surface area contributed by atoms with E-state index in [0.717, 1.165) is 10.8 Å². The lowest BCUT2D eigenvalue weighted by Crippen LogP contribution is -1.87. The van der Waals surface area contributed by atoms with E-state index in [0.29, 0.717) is 16.9 Å². The topological polar surface area (TPSA) is 49.7 Å². The minimum Gasteiger partial charge on any atom is -0.507 e. The Morgan fingerprint density at radius 3 is 2.40 bits per heavy atom. The Morgan fingerprint density at radius 1 is 0.850 bits per heavy atom. The van der Waals surface area contributed by atoms with Crippen molar-refractivity contribution >= 4 is 10.8 Å². The van der Waals surface area contributed by atoms with Gasteiger partial charge in [0.2, 0.25) is 0 Å². The molecule has 3 nitrogen and oxygen atoms in total. The van der Waals surface area contributed by atoms with Crippen LogP contribution in [0, 0.1) is 0 Å². The second-order valence-corrected chi connectivity index (χ2v) is 4.56. The third kappa shape index (κ3) is 1.93. The van der Waals surface area contributed by atoms with Gasteiger partial charge in [0, 0.05) is 11.1 Å². The summed E-state index contributed by atoms with van der Waals surface area (Å²) in [5.74, 6) is 0.870. The van der Waals surface area contributed by atoms with Gasteiger partial charge in [0.1, 0.15) is 17.2 Å². The lowest BCUT2D eigenvalue weighted by atomic mass is 9.96. The summed E-state index contributed by atoms with van der Waals surface area (Å²) in [5.41, 5.74) is 1.16. The first kappa shape index (κ1) is 12.4. The number of benzene rings is 3. The Kier molecular flexibility index (Phi) is 2.95. The van der Waals surface area contributed by atoms with Crippen LogP contribution in [-0.2, 0) is 0 Å². The third-order valence-corrected chi connectivity index (χ3v) is 3.38. The van der Waals surface area contributed by atoms with Crippen molar-refractivity contribution in [2.75, 3.05) is 7.11 Å². The molecule has 20 heavy (non-hydrogen) atoms. The van der Waals surface area contributed by atoms with E-state index in [1.54, 1.807) is 31.4 Å². The largest absolute Gasteiger partial charge is 0.507 e. The van der Waals surface area contributed by atoms with Gasteiger partial charge in [-0.1, -0.05) is 30.3 Å². The molecule has 0 aromatic heterocycles. The average molecular weight is 266 g/mol. The summed E-state index contributed by atoms with van der Waals surface area (Å²) in [7, 11) is 1.57. The highest BCUT2D eigenvalue weighted by Gasteiger charge is 2.13. The molecule has 3 rings (SSSR count). The van der Waals surface area contributed by atoms with Crippen LogP contribution in [0.1, 0.15) is 0 Å². The molecule has 0 spiro atoms. The standard InChI is InChI=1S/C17H14O3/c1-20-12-7-9-15(18)14(10-12)17-13-5-3-2-4-11(13)6-8-16(17)19/h2-10,18-19H,1H3. The third-order valence-electron chi connectivity index (χ3n) is 3.38. The molecule has 0 aliphatic carbocycles. The molecule has 0 heterocycles. The summed E-state index contributed by atoms with van der Waals surface area (Å²) in [6, 6.07) is 16.2. The first-order chi connectivity index (χ1) is 9.70. The first-order valence-corrected chi connectivity index (χ1v) is 6.29. The van der Waals surface area contributed by atoms with Crippen molar-refractivity contribution in [2.24, 2.45) is 0 Å². The van der Waals surface area contributed by atoms with Crippen molar-refractivity contribution in [3.05, 3.63) is 54.6 Å². The lowest BCUT2D eigenvalue weighted by Gasteiger charge is -2.12. The highest BCUT2D eigenvalue weighted by Crippen LogP contribution is 2.41. The molecular weight excluding hydrogens is 252 g/mol. The van der Waals surface area contributed by atoms with Crippen molar-refractivity contribution in [1.82, 2.24) is 0 Å². The Labute approximate surface area is 116 Å². The predicted molar refractivity (Wildman–Crippen MR) is 79.3 cm³/mol. The van der Waals surface area contributed by atoms with E-state index < -0.39 is 0 Å². The number of aromatic hydroxyl groups is 2. The molecule has 3 aromatic carbocycles. The minimum atomic E-state index is 0.109. The molecule has 0 unspecified atom stereocenters. The van der Waals surface area contributed by atoms with Gasteiger partial charge in [0.25, 0.3) is 0 Å². The van der Waals surface area contributed by atoms with Gasteiger partial charge in [-0.25, -0.2) is 0 Å². The molecule has 0 aliphatic heterocycles. The van der Waals surface area contributed by atoms with E-state index in [4.69, 9.17) is 4.74 Å². The molecule has 100 valence electrons.